The molecule has 1 aromatic rings. The first-order chi connectivity index (χ1) is 11.0. The number of esters is 1. The maximum Gasteiger partial charge on any atom is 0.328 e. The Hall–Kier alpha value is -2.57. The summed E-state index contributed by atoms with van der Waals surface area (Å²) in [7, 11) is 2.84. The van der Waals surface area contributed by atoms with Gasteiger partial charge in [-0.3, -0.25) is 9.59 Å². The summed E-state index contributed by atoms with van der Waals surface area (Å²) in [5.41, 5.74) is 0.858. The number of nitrogens with one attached hydrogen (secondary N) is 2. The monoisotopic (exact) mass is 320 g/mol. The van der Waals surface area contributed by atoms with Gasteiger partial charge < -0.3 is 20.1 Å². The number of methoxy groups -OCH3 is 2. The molecule has 0 unspecified atom stereocenters. The zero-order valence-corrected chi connectivity index (χ0v) is 13.1. The lowest BCUT2D eigenvalue weighted by molar-refractivity contribution is -0.145. The minimum absolute atomic E-state index is 0.157. The van der Waals surface area contributed by atoms with Crippen molar-refractivity contribution in [3.63, 3.8) is 0 Å². The first-order valence-corrected chi connectivity index (χ1v) is 7.34. The molecule has 7 nitrogen and oxygen atoms in total. The minimum Gasteiger partial charge on any atom is -0.497 e. The second-order valence-electron chi connectivity index (χ2n) is 5.30. The van der Waals surface area contributed by atoms with Crippen LogP contribution >= 0.6 is 0 Å². The Bertz CT molecular complexity index is 585. The van der Waals surface area contributed by atoms with Gasteiger partial charge in [0.2, 0.25) is 11.8 Å². The molecule has 2 atom stereocenters. The number of amides is 2. The van der Waals surface area contributed by atoms with Crippen LogP contribution in [0.3, 0.4) is 0 Å². The van der Waals surface area contributed by atoms with E-state index in [4.69, 9.17) is 9.47 Å². The van der Waals surface area contributed by atoms with Crippen LogP contribution in [0.15, 0.2) is 24.3 Å². The highest BCUT2D eigenvalue weighted by molar-refractivity contribution is 5.93. The third-order valence-corrected chi connectivity index (χ3v) is 3.71. The molecule has 23 heavy (non-hydrogen) atoms. The van der Waals surface area contributed by atoms with E-state index in [2.05, 4.69) is 10.6 Å². The van der Waals surface area contributed by atoms with Crippen LogP contribution < -0.4 is 15.4 Å². The molecule has 0 radical (unpaired) electrons. The fourth-order valence-electron chi connectivity index (χ4n) is 2.42. The molecular weight excluding hydrogens is 300 g/mol. The summed E-state index contributed by atoms with van der Waals surface area (Å²) in [5, 5.41) is 5.22. The molecular formula is C16H20N2O5. The zero-order chi connectivity index (χ0) is 16.8. The van der Waals surface area contributed by atoms with E-state index in [1.165, 1.54) is 7.11 Å². The third-order valence-electron chi connectivity index (χ3n) is 3.71. The van der Waals surface area contributed by atoms with E-state index in [1.54, 1.807) is 19.2 Å². The lowest BCUT2D eigenvalue weighted by Gasteiger charge is -2.19. The molecule has 0 spiro atoms. The molecule has 1 aliphatic heterocycles. The van der Waals surface area contributed by atoms with E-state index in [1.807, 2.05) is 12.1 Å². The van der Waals surface area contributed by atoms with Crippen molar-refractivity contribution in [1.82, 2.24) is 10.6 Å². The van der Waals surface area contributed by atoms with Crippen molar-refractivity contribution in [2.24, 2.45) is 0 Å². The second kappa shape index (κ2) is 7.62. The number of hydrogen-bond donors (Lipinski definition) is 2. The van der Waals surface area contributed by atoms with Crippen molar-refractivity contribution in [2.45, 2.75) is 31.3 Å². The van der Waals surface area contributed by atoms with Gasteiger partial charge in [0, 0.05) is 12.8 Å². The maximum atomic E-state index is 12.2. The second-order valence-corrected chi connectivity index (χ2v) is 5.30. The maximum absolute atomic E-state index is 12.2. The Morgan fingerprint density at radius 3 is 2.52 bits per heavy atom. The smallest absolute Gasteiger partial charge is 0.328 e. The number of benzene rings is 1. The van der Waals surface area contributed by atoms with Crippen LogP contribution in [0.25, 0.3) is 0 Å². The summed E-state index contributed by atoms with van der Waals surface area (Å²) in [6, 6.07) is 5.80. The van der Waals surface area contributed by atoms with Gasteiger partial charge in [-0.25, -0.2) is 4.79 Å². The lowest BCUT2D eigenvalue weighted by atomic mass is 10.0. The van der Waals surface area contributed by atoms with Crippen LogP contribution in [0.5, 0.6) is 5.75 Å². The molecule has 2 N–H and O–H groups in total. The molecule has 7 heteroatoms. The molecule has 1 saturated heterocycles. The lowest BCUT2D eigenvalue weighted by Crippen LogP contribution is -2.49. The Morgan fingerprint density at radius 2 is 2.00 bits per heavy atom. The number of ether oxygens (including phenoxy) is 2. The zero-order valence-electron chi connectivity index (χ0n) is 13.1. The highest BCUT2D eigenvalue weighted by atomic mass is 16.5. The Morgan fingerprint density at radius 1 is 1.30 bits per heavy atom. The summed E-state index contributed by atoms with van der Waals surface area (Å²) in [6.45, 7) is 0. The number of carbonyl (C=O) groups excluding carboxylic acids is 3. The molecule has 1 fully saturated rings. The predicted octanol–water partition coefficient (Wildman–Crippen LogP) is 0.174. The molecule has 1 heterocycles. The van der Waals surface area contributed by atoms with Gasteiger partial charge >= 0.3 is 5.97 Å². The van der Waals surface area contributed by atoms with E-state index >= 15 is 0 Å². The topological polar surface area (TPSA) is 93.7 Å². The van der Waals surface area contributed by atoms with Gasteiger partial charge in [-0.1, -0.05) is 12.1 Å². The van der Waals surface area contributed by atoms with Crippen molar-refractivity contribution in [3.05, 3.63) is 29.8 Å². The van der Waals surface area contributed by atoms with Crippen LogP contribution in [0, 0.1) is 0 Å². The summed E-state index contributed by atoms with van der Waals surface area (Å²) < 4.78 is 9.83. The van der Waals surface area contributed by atoms with Gasteiger partial charge in [0.1, 0.15) is 17.8 Å². The summed E-state index contributed by atoms with van der Waals surface area (Å²) in [4.78, 5) is 35.3. The number of rotatable bonds is 6. The minimum atomic E-state index is -0.807. The van der Waals surface area contributed by atoms with Crippen molar-refractivity contribution in [1.29, 1.82) is 0 Å². The van der Waals surface area contributed by atoms with E-state index in [0.29, 0.717) is 25.0 Å². The molecule has 0 aliphatic carbocycles. The fourth-order valence-corrected chi connectivity index (χ4v) is 2.42. The van der Waals surface area contributed by atoms with E-state index in [9.17, 15) is 14.4 Å². The van der Waals surface area contributed by atoms with Crippen molar-refractivity contribution >= 4 is 17.8 Å². The summed E-state index contributed by atoms with van der Waals surface area (Å²) in [6.07, 6.45) is 1.05. The van der Waals surface area contributed by atoms with Gasteiger partial charge in [0.15, 0.2) is 0 Å². The molecule has 1 aromatic carbocycles. The van der Waals surface area contributed by atoms with E-state index < -0.39 is 18.1 Å². The van der Waals surface area contributed by atoms with Crippen molar-refractivity contribution in [3.8, 4) is 5.75 Å². The van der Waals surface area contributed by atoms with Gasteiger partial charge in [0.25, 0.3) is 0 Å². The first kappa shape index (κ1) is 16.8. The average Bonchev–Trinajstić information content (AvgIpc) is 3.00. The normalized spacial score (nSPS) is 18.0. The van der Waals surface area contributed by atoms with Gasteiger partial charge in [0.05, 0.1) is 14.2 Å². The van der Waals surface area contributed by atoms with E-state index in [0.717, 1.165) is 5.56 Å². The van der Waals surface area contributed by atoms with Crippen LogP contribution in [-0.2, 0) is 25.5 Å². The number of hydrogen-bond acceptors (Lipinski definition) is 5. The van der Waals surface area contributed by atoms with Gasteiger partial charge in [-0.05, 0) is 24.1 Å². The largest absolute Gasteiger partial charge is 0.497 e. The Balaban J connectivity index is 2.02. The number of carbonyl (C=O) groups is 3. The summed E-state index contributed by atoms with van der Waals surface area (Å²) in [5.74, 6) is -0.353. The highest BCUT2D eigenvalue weighted by Gasteiger charge is 2.30. The quantitative estimate of drug-likeness (QED) is 0.729. The van der Waals surface area contributed by atoms with E-state index in [-0.39, 0.29) is 11.8 Å². The van der Waals surface area contributed by atoms with Gasteiger partial charge in [-0.2, -0.15) is 0 Å². The molecule has 2 amide bonds. The third kappa shape index (κ3) is 4.45. The summed E-state index contributed by atoms with van der Waals surface area (Å²) >= 11 is 0. The van der Waals surface area contributed by atoms with Crippen LogP contribution in [0.2, 0.25) is 0 Å². The molecule has 1 aliphatic rings. The molecule has 0 bridgehead atoms. The standard InChI is InChI=1S/C16H20N2O5/c1-22-11-5-3-10(4-6-11)9-13(16(21)23-2)18-15(20)12-7-8-14(19)17-12/h3-6,12-13H,7-9H2,1-2H3,(H,17,19)(H,18,20)/t12-,13+/m1/s1. The molecule has 0 saturated carbocycles. The highest BCUT2D eigenvalue weighted by Crippen LogP contribution is 2.14. The molecule has 2 rings (SSSR count). The van der Waals surface area contributed by atoms with Crippen molar-refractivity contribution in [2.75, 3.05) is 14.2 Å². The molecule has 124 valence electrons. The SMILES string of the molecule is COC(=O)[C@H](Cc1ccc(OC)cc1)NC(=O)[C@H]1CCC(=O)N1. The van der Waals surface area contributed by atoms with Crippen molar-refractivity contribution < 1.29 is 23.9 Å². The van der Waals surface area contributed by atoms with Gasteiger partial charge in [-0.15, -0.1) is 0 Å². The Kier molecular flexibility index (Phi) is 5.56. The fraction of sp³-hybridized carbons (Fsp3) is 0.438. The average molecular weight is 320 g/mol. The molecule has 0 aromatic heterocycles. The predicted molar refractivity (Wildman–Crippen MR) is 81.8 cm³/mol. The first-order valence-electron chi connectivity index (χ1n) is 7.34. The van der Waals surface area contributed by atoms with Crippen LogP contribution in [0.1, 0.15) is 18.4 Å². The van der Waals surface area contributed by atoms with Crippen LogP contribution in [-0.4, -0.2) is 44.1 Å². The Labute approximate surface area is 134 Å². The van der Waals surface area contributed by atoms with Crippen LogP contribution in [0.4, 0.5) is 0 Å².